The van der Waals surface area contributed by atoms with E-state index >= 15 is 0 Å². The van der Waals surface area contributed by atoms with Gasteiger partial charge >= 0.3 is 6.03 Å². The van der Waals surface area contributed by atoms with Crippen LogP contribution in [0.5, 0.6) is 0 Å². The Morgan fingerprint density at radius 3 is 2.75 bits per heavy atom. The van der Waals surface area contributed by atoms with Gasteiger partial charge < -0.3 is 15.0 Å². The molecule has 0 saturated carbocycles. The third-order valence-corrected chi connectivity index (χ3v) is 5.89. The van der Waals surface area contributed by atoms with Crippen molar-refractivity contribution >= 4 is 17.8 Å². The fourth-order valence-corrected chi connectivity index (χ4v) is 4.06. The van der Waals surface area contributed by atoms with Crippen molar-refractivity contribution in [2.75, 3.05) is 19.7 Å². The van der Waals surface area contributed by atoms with Gasteiger partial charge in [-0.05, 0) is 49.1 Å². The summed E-state index contributed by atoms with van der Waals surface area (Å²) >= 11 is 0. The van der Waals surface area contributed by atoms with Crippen LogP contribution in [-0.2, 0) is 26.4 Å². The van der Waals surface area contributed by atoms with Crippen LogP contribution in [-0.4, -0.2) is 58.4 Å². The number of urea groups is 1. The van der Waals surface area contributed by atoms with Gasteiger partial charge in [0.25, 0.3) is 5.91 Å². The lowest BCUT2D eigenvalue weighted by atomic mass is 9.92. The molecule has 2 aliphatic heterocycles. The van der Waals surface area contributed by atoms with E-state index in [1.807, 2.05) is 6.07 Å². The topological polar surface area (TPSA) is 91.8 Å². The molecule has 2 unspecified atom stereocenters. The number of carbonyl (C=O) groups excluding carboxylic acids is 3. The summed E-state index contributed by atoms with van der Waals surface area (Å²) in [5.41, 5.74) is -0.0840. The summed E-state index contributed by atoms with van der Waals surface area (Å²) in [6.07, 6.45) is 5.03. The van der Waals surface area contributed by atoms with Crippen LogP contribution in [0.25, 0.3) is 0 Å². The highest BCUT2D eigenvalue weighted by Crippen LogP contribution is 2.29. The standard InChI is InChI=1S/C23H25FN4O4/c1-23(17-6-8-18(24)9-7-17)21(30)28(22(31)26-23)15-20(29)27(14-19-5-3-11-32-19)13-16-4-2-10-25-12-16/h2,4,6-10,12,19H,3,5,11,13-15H2,1H3,(H,26,31). The zero-order valence-electron chi connectivity index (χ0n) is 17.8. The Labute approximate surface area is 185 Å². The number of carbonyl (C=O) groups is 3. The van der Waals surface area contributed by atoms with E-state index < -0.39 is 29.8 Å². The van der Waals surface area contributed by atoms with Gasteiger partial charge in [0.2, 0.25) is 5.91 Å². The monoisotopic (exact) mass is 440 g/mol. The Balaban J connectivity index is 1.50. The van der Waals surface area contributed by atoms with Gasteiger partial charge in [0.1, 0.15) is 17.9 Å². The number of halogens is 1. The average Bonchev–Trinajstić information content (AvgIpc) is 3.37. The van der Waals surface area contributed by atoms with Crippen molar-refractivity contribution in [3.8, 4) is 0 Å². The molecule has 0 aliphatic carbocycles. The number of hydrogen-bond acceptors (Lipinski definition) is 5. The first kappa shape index (κ1) is 21.9. The highest BCUT2D eigenvalue weighted by Gasteiger charge is 2.49. The average molecular weight is 440 g/mol. The summed E-state index contributed by atoms with van der Waals surface area (Å²) in [6, 6.07) is 8.35. The van der Waals surface area contributed by atoms with E-state index in [0.717, 1.165) is 23.3 Å². The van der Waals surface area contributed by atoms with Crippen molar-refractivity contribution in [3.63, 3.8) is 0 Å². The molecule has 2 saturated heterocycles. The lowest BCUT2D eigenvalue weighted by molar-refractivity contribution is -0.140. The number of nitrogens with zero attached hydrogens (tertiary/aromatic N) is 3. The van der Waals surface area contributed by atoms with Crippen LogP contribution in [0.4, 0.5) is 9.18 Å². The Morgan fingerprint density at radius 2 is 2.09 bits per heavy atom. The molecule has 1 N–H and O–H groups in total. The SMILES string of the molecule is CC1(c2ccc(F)cc2)NC(=O)N(CC(=O)N(Cc2cccnc2)CC2CCCO2)C1=O. The molecule has 0 radical (unpaired) electrons. The molecule has 8 nitrogen and oxygen atoms in total. The second-order valence-electron chi connectivity index (χ2n) is 8.22. The van der Waals surface area contributed by atoms with Crippen LogP contribution >= 0.6 is 0 Å². The Morgan fingerprint density at radius 1 is 1.31 bits per heavy atom. The maximum absolute atomic E-state index is 13.3. The van der Waals surface area contributed by atoms with Crippen LogP contribution < -0.4 is 5.32 Å². The van der Waals surface area contributed by atoms with E-state index in [2.05, 4.69) is 10.3 Å². The predicted octanol–water partition coefficient (Wildman–Crippen LogP) is 2.20. The number of hydrogen-bond donors (Lipinski definition) is 1. The number of benzene rings is 1. The van der Waals surface area contributed by atoms with Crippen LogP contribution in [0.3, 0.4) is 0 Å². The lowest BCUT2D eigenvalue weighted by Gasteiger charge is -2.27. The molecule has 0 spiro atoms. The second kappa shape index (κ2) is 9.04. The first-order chi connectivity index (χ1) is 15.4. The summed E-state index contributed by atoms with van der Waals surface area (Å²) in [5, 5.41) is 2.64. The zero-order valence-corrected chi connectivity index (χ0v) is 17.8. The van der Waals surface area contributed by atoms with Gasteiger partial charge in [-0.15, -0.1) is 0 Å². The van der Waals surface area contributed by atoms with Crippen LogP contribution in [0.2, 0.25) is 0 Å². The summed E-state index contributed by atoms with van der Waals surface area (Å²) < 4.78 is 19.0. The smallest absolute Gasteiger partial charge is 0.325 e. The van der Waals surface area contributed by atoms with E-state index in [0.29, 0.717) is 25.3 Å². The van der Waals surface area contributed by atoms with E-state index in [1.165, 1.54) is 24.3 Å². The molecule has 2 aliphatic rings. The molecule has 4 rings (SSSR count). The van der Waals surface area contributed by atoms with Gasteiger partial charge in [0.15, 0.2) is 0 Å². The molecule has 3 heterocycles. The molecule has 1 aromatic heterocycles. The molecule has 4 amide bonds. The molecule has 1 aromatic carbocycles. The maximum Gasteiger partial charge on any atom is 0.325 e. The van der Waals surface area contributed by atoms with Crippen molar-refractivity contribution in [2.45, 2.75) is 38.0 Å². The number of nitrogens with one attached hydrogen (secondary N) is 1. The Bertz CT molecular complexity index is 995. The normalized spacial score (nSPS) is 22.8. The number of amides is 4. The fourth-order valence-electron chi connectivity index (χ4n) is 4.06. The summed E-state index contributed by atoms with van der Waals surface area (Å²) in [6.45, 7) is 2.47. The third kappa shape index (κ3) is 4.47. The highest BCUT2D eigenvalue weighted by atomic mass is 19.1. The van der Waals surface area contributed by atoms with Crippen LogP contribution in [0.15, 0.2) is 48.8 Å². The van der Waals surface area contributed by atoms with Gasteiger partial charge in [-0.2, -0.15) is 0 Å². The maximum atomic E-state index is 13.3. The summed E-state index contributed by atoms with van der Waals surface area (Å²) in [4.78, 5) is 45.5. The van der Waals surface area contributed by atoms with Crippen molar-refractivity contribution in [1.82, 2.24) is 20.1 Å². The highest BCUT2D eigenvalue weighted by molar-refractivity contribution is 6.09. The first-order valence-corrected chi connectivity index (χ1v) is 10.6. The van der Waals surface area contributed by atoms with E-state index in [1.54, 1.807) is 30.3 Å². The lowest BCUT2D eigenvalue weighted by Crippen LogP contribution is -2.46. The molecule has 0 bridgehead atoms. The van der Waals surface area contributed by atoms with E-state index in [-0.39, 0.29) is 12.0 Å². The Kier molecular flexibility index (Phi) is 6.18. The van der Waals surface area contributed by atoms with Gasteiger partial charge in [-0.1, -0.05) is 18.2 Å². The first-order valence-electron chi connectivity index (χ1n) is 10.6. The van der Waals surface area contributed by atoms with Gasteiger partial charge in [0.05, 0.1) is 6.10 Å². The van der Waals surface area contributed by atoms with Crippen molar-refractivity contribution < 1.29 is 23.5 Å². The van der Waals surface area contributed by atoms with Crippen molar-refractivity contribution in [2.24, 2.45) is 0 Å². The number of pyridine rings is 1. The van der Waals surface area contributed by atoms with Crippen LogP contribution in [0, 0.1) is 5.82 Å². The predicted molar refractivity (Wildman–Crippen MR) is 113 cm³/mol. The fraction of sp³-hybridized carbons (Fsp3) is 0.391. The molecular formula is C23H25FN4O4. The number of ether oxygens (including phenoxy) is 1. The number of imide groups is 1. The number of rotatable bonds is 7. The Hall–Kier alpha value is -3.33. The molecule has 168 valence electrons. The summed E-state index contributed by atoms with van der Waals surface area (Å²) in [5.74, 6) is -1.36. The minimum atomic E-state index is -1.37. The minimum Gasteiger partial charge on any atom is -0.376 e. The second-order valence-corrected chi connectivity index (χ2v) is 8.22. The van der Waals surface area contributed by atoms with Gasteiger partial charge in [-0.3, -0.25) is 19.5 Å². The van der Waals surface area contributed by atoms with Gasteiger partial charge in [0, 0.05) is 32.1 Å². The molecule has 2 aromatic rings. The number of aromatic nitrogens is 1. The third-order valence-electron chi connectivity index (χ3n) is 5.89. The van der Waals surface area contributed by atoms with Crippen molar-refractivity contribution in [1.29, 1.82) is 0 Å². The molecular weight excluding hydrogens is 415 g/mol. The van der Waals surface area contributed by atoms with E-state index in [9.17, 15) is 18.8 Å². The molecule has 32 heavy (non-hydrogen) atoms. The van der Waals surface area contributed by atoms with Crippen LogP contribution in [0.1, 0.15) is 30.9 Å². The zero-order chi connectivity index (χ0) is 22.7. The molecule has 9 heteroatoms. The summed E-state index contributed by atoms with van der Waals surface area (Å²) in [7, 11) is 0. The van der Waals surface area contributed by atoms with Gasteiger partial charge in [-0.25, -0.2) is 9.18 Å². The minimum absolute atomic E-state index is 0.0804. The van der Waals surface area contributed by atoms with E-state index in [4.69, 9.17) is 4.74 Å². The van der Waals surface area contributed by atoms with Crippen molar-refractivity contribution in [3.05, 3.63) is 65.7 Å². The molecule has 2 fully saturated rings. The quantitative estimate of drug-likeness (QED) is 0.667. The largest absolute Gasteiger partial charge is 0.376 e. The molecule has 2 atom stereocenters.